The van der Waals surface area contributed by atoms with Crippen molar-refractivity contribution in [3.8, 4) is 5.75 Å². The lowest BCUT2D eigenvalue weighted by Crippen LogP contribution is -2.28. The Kier molecular flexibility index (Phi) is 6.00. The maximum Gasteiger partial charge on any atom is 0.387 e. The van der Waals surface area contributed by atoms with E-state index in [1.165, 1.54) is 12.1 Å². The predicted molar refractivity (Wildman–Crippen MR) is 86.5 cm³/mol. The number of hydrogen-bond acceptors (Lipinski definition) is 4. The highest BCUT2D eigenvalue weighted by Gasteiger charge is 2.29. The Morgan fingerprint density at radius 2 is 2.09 bits per heavy atom. The van der Waals surface area contributed by atoms with E-state index in [9.17, 15) is 13.3 Å². The average Bonchev–Trinajstić information content (AvgIpc) is 3.25. The van der Waals surface area contributed by atoms with Crippen LogP contribution in [0.25, 0.3) is 0 Å². The van der Waals surface area contributed by atoms with Gasteiger partial charge in [0.2, 0.25) is 0 Å². The third-order valence-electron chi connectivity index (χ3n) is 3.09. The van der Waals surface area contributed by atoms with Crippen LogP contribution in [-0.2, 0) is 16.1 Å². The van der Waals surface area contributed by atoms with Gasteiger partial charge in [0, 0.05) is 5.56 Å². The van der Waals surface area contributed by atoms with E-state index in [1.807, 2.05) is 20.8 Å². The second kappa shape index (κ2) is 7.59. The Bertz CT molecular complexity index is 557. The first kappa shape index (κ1) is 18.2. The molecule has 128 valence electrons. The molecule has 4 nitrogen and oxygen atoms in total. The summed E-state index contributed by atoms with van der Waals surface area (Å²) in [6.07, 6.45) is 2.22. The van der Waals surface area contributed by atoms with E-state index in [0.29, 0.717) is 11.3 Å². The van der Waals surface area contributed by atoms with E-state index in [1.54, 1.807) is 12.1 Å². The van der Waals surface area contributed by atoms with Gasteiger partial charge in [0.25, 0.3) is 0 Å². The third kappa shape index (κ3) is 6.08. The second-order valence-corrected chi connectivity index (χ2v) is 8.22. The fourth-order valence-electron chi connectivity index (χ4n) is 1.68. The number of rotatable bonds is 7. The highest BCUT2D eigenvalue weighted by Crippen LogP contribution is 2.25. The van der Waals surface area contributed by atoms with E-state index in [2.05, 4.69) is 9.13 Å². The Balaban J connectivity index is 2.22. The molecule has 0 saturated heterocycles. The molecule has 0 aromatic heterocycles. The van der Waals surface area contributed by atoms with Gasteiger partial charge in [-0.15, -0.1) is 0 Å². The summed E-state index contributed by atoms with van der Waals surface area (Å²) in [6, 6.07) is 6.21. The standard InChI is InChI=1S/C16H21F2NO3S/c1-16(2,3)23(20)19-14(10-21-12-7-8-12)11-5-4-6-13(9-11)22-15(17)18/h4-6,9,12,15H,7-8,10H2,1-3H3/b19-14-/t23-/m1/s1. The summed E-state index contributed by atoms with van der Waals surface area (Å²) < 4.78 is 50.8. The monoisotopic (exact) mass is 345 g/mol. The van der Waals surface area contributed by atoms with Crippen LogP contribution in [0.15, 0.2) is 28.7 Å². The molecule has 1 fully saturated rings. The van der Waals surface area contributed by atoms with Crippen LogP contribution < -0.4 is 4.74 Å². The van der Waals surface area contributed by atoms with Crippen LogP contribution in [0, 0.1) is 0 Å². The van der Waals surface area contributed by atoms with Gasteiger partial charge in [0.15, 0.2) is 0 Å². The van der Waals surface area contributed by atoms with Gasteiger partial charge < -0.3 is 14.0 Å². The van der Waals surface area contributed by atoms with Gasteiger partial charge >= 0.3 is 6.61 Å². The van der Waals surface area contributed by atoms with Crippen molar-refractivity contribution in [3.63, 3.8) is 0 Å². The van der Waals surface area contributed by atoms with Crippen molar-refractivity contribution in [3.05, 3.63) is 29.8 Å². The zero-order valence-corrected chi connectivity index (χ0v) is 14.2. The number of halogens is 2. The molecule has 1 aromatic rings. The summed E-state index contributed by atoms with van der Waals surface area (Å²) in [7, 11) is 0. The molecule has 0 aliphatic heterocycles. The molecule has 2 rings (SSSR count). The molecular weight excluding hydrogens is 324 g/mol. The molecule has 0 bridgehead atoms. The van der Waals surface area contributed by atoms with Crippen molar-refractivity contribution in [2.24, 2.45) is 4.40 Å². The maximum absolute atomic E-state index is 12.4. The Labute approximate surface area is 138 Å². The highest BCUT2D eigenvalue weighted by molar-refractivity contribution is 7.91. The van der Waals surface area contributed by atoms with Crippen LogP contribution in [0.5, 0.6) is 5.75 Å². The van der Waals surface area contributed by atoms with E-state index >= 15 is 0 Å². The lowest BCUT2D eigenvalue weighted by molar-refractivity contribution is -0.0498. The second-order valence-electron chi connectivity index (χ2n) is 6.32. The Morgan fingerprint density at radius 1 is 1.39 bits per heavy atom. The third-order valence-corrected chi connectivity index (χ3v) is 4.52. The minimum Gasteiger partial charge on any atom is -0.591 e. The molecular formula is C16H21F2NO3S. The number of hydrogen-bond donors (Lipinski definition) is 0. The molecule has 1 aromatic carbocycles. The van der Waals surface area contributed by atoms with E-state index < -0.39 is 22.7 Å². The molecule has 0 unspecified atom stereocenters. The highest BCUT2D eigenvalue weighted by atomic mass is 32.2. The minimum absolute atomic E-state index is 0.0400. The summed E-state index contributed by atoms with van der Waals surface area (Å²) in [5.41, 5.74) is 1.05. The van der Waals surface area contributed by atoms with Crippen LogP contribution in [0.1, 0.15) is 39.2 Å². The van der Waals surface area contributed by atoms with Crippen LogP contribution in [-0.4, -0.2) is 34.3 Å². The largest absolute Gasteiger partial charge is 0.591 e. The van der Waals surface area contributed by atoms with Gasteiger partial charge in [-0.2, -0.15) is 8.78 Å². The molecule has 0 amide bonds. The van der Waals surface area contributed by atoms with Crippen LogP contribution in [0.3, 0.4) is 0 Å². The topological polar surface area (TPSA) is 53.9 Å². The zero-order chi connectivity index (χ0) is 17.0. The SMILES string of the molecule is CC(C)(C)[S@@+]([O-])/N=C(/COC1CC1)c1cccc(OC(F)F)c1. The molecule has 1 saturated carbocycles. The molecule has 0 spiro atoms. The average molecular weight is 345 g/mol. The molecule has 7 heteroatoms. The van der Waals surface area contributed by atoms with Gasteiger partial charge in [-0.25, -0.2) is 0 Å². The molecule has 0 N–H and O–H groups in total. The summed E-state index contributed by atoms with van der Waals surface area (Å²) in [4.78, 5) is 0. The van der Waals surface area contributed by atoms with Crippen molar-refractivity contribution in [1.82, 2.24) is 0 Å². The van der Waals surface area contributed by atoms with Crippen molar-refractivity contribution < 1.29 is 22.8 Å². The summed E-state index contributed by atoms with van der Waals surface area (Å²) >= 11 is -1.46. The van der Waals surface area contributed by atoms with Gasteiger partial charge in [-0.3, -0.25) is 0 Å². The van der Waals surface area contributed by atoms with Gasteiger partial charge in [-0.1, -0.05) is 16.5 Å². The first-order chi connectivity index (χ1) is 10.8. The molecule has 0 heterocycles. The van der Waals surface area contributed by atoms with Crippen LogP contribution in [0.4, 0.5) is 8.78 Å². The molecule has 0 radical (unpaired) electrons. The lowest BCUT2D eigenvalue weighted by Gasteiger charge is -2.19. The number of nitrogens with zero attached hydrogens (tertiary/aromatic N) is 1. The minimum atomic E-state index is -2.89. The number of alkyl halides is 2. The van der Waals surface area contributed by atoms with Gasteiger partial charge in [0.05, 0.1) is 12.7 Å². The normalized spacial score (nSPS) is 17.4. The Morgan fingerprint density at radius 3 is 2.65 bits per heavy atom. The summed E-state index contributed by atoms with van der Waals surface area (Å²) in [6.45, 7) is 2.77. The van der Waals surface area contributed by atoms with Crippen molar-refractivity contribution in [2.45, 2.75) is 51.1 Å². The number of benzene rings is 1. The van der Waals surface area contributed by atoms with Crippen LogP contribution in [0.2, 0.25) is 0 Å². The van der Waals surface area contributed by atoms with Gasteiger partial charge in [0.1, 0.15) is 27.6 Å². The molecule has 1 atom stereocenters. The zero-order valence-electron chi connectivity index (χ0n) is 13.4. The smallest absolute Gasteiger partial charge is 0.387 e. The molecule has 1 aliphatic carbocycles. The fraction of sp³-hybridized carbons (Fsp3) is 0.562. The van der Waals surface area contributed by atoms with Crippen LogP contribution >= 0.6 is 0 Å². The van der Waals surface area contributed by atoms with Crippen molar-refractivity contribution in [2.75, 3.05) is 6.61 Å². The summed E-state index contributed by atoms with van der Waals surface area (Å²) in [5, 5.41) is 0. The van der Waals surface area contributed by atoms with Crippen molar-refractivity contribution >= 4 is 17.1 Å². The van der Waals surface area contributed by atoms with E-state index in [4.69, 9.17) is 4.74 Å². The number of ether oxygens (including phenoxy) is 2. The Hall–Kier alpha value is -1.18. The first-order valence-electron chi connectivity index (χ1n) is 7.42. The summed E-state index contributed by atoms with van der Waals surface area (Å²) in [5.74, 6) is 0.0400. The van der Waals surface area contributed by atoms with E-state index in [0.717, 1.165) is 12.8 Å². The fourth-order valence-corrected chi connectivity index (χ4v) is 2.31. The molecule has 23 heavy (non-hydrogen) atoms. The maximum atomic E-state index is 12.4. The first-order valence-corrected chi connectivity index (χ1v) is 8.53. The molecule has 1 aliphatic rings. The van der Waals surface area contributed by atoms with Crippen molar-refractivity contribution in [1.29, 1.82) is 0 Å². The van der Waals surface area contributed by atoms with Gasteiger partial charge in [-0.05, 0) is 45.7 Å². The van der Waals surface area contributed by atoms with E-state index in [-0.39, 0.29) is 18.5 Å². The quantitative estimate of drug-likeness (QED) is 0.559. The predicted octanol–water partition coefficient (Wildman–Crippen LogP) is 3.72. The lowest BCUT2D eigenvalue weighted by atomic mass is 10.1.